The fourth-order valence-electron chi connectivity index (χ4n) is 2.57. The molecule has 0 radical (unpaired) electrons. The Kier molecular flexibility index (Phi) is 3.28. The van der Waals surface area contributed by atoms with E-state index in [1.807, 2.05) is 7.05 Å². The van der Waals surface area contributed by atoms with Crippen molar-refractivity contribution in [2.75, 3.05) is 0 Å². The van der Waals surface area contributed by atoms with Crippen LogP contribution in [0.1, 0.15) is 44.9 Å². The van der Waals surface area contributed by atoms with E-state index in [9.17, 15) is 5.11 Å². The van der Waals surface area contributed by atoms with E-state index in [1.165, 1.54) is 6.42 Å². The molecule has 1 saturated carbocycles. The molecule has 0 aromatic carbocycles. The molecule has 1 aromatic heterocycles. The summed E-state index contributed by atoms with van der Waals surface area (Å²) in [4.78, 5) is 4.19. The summed E-state index contributed by atoms with van der Waals surface area (Å²) in [5.41, 5.74) is -0.549. The Bertz CT molecular complexity index is 340. The van der Waals surface area contributed by atoms with Crippen LogP contribution in [-0.4, -0.2) is 25.5 Å². The van der Waals surface area contributed by atoms with Crippen LogP contribution < -0.4 is 0 Å². The quantitative estimate of drug-likeness (QED) is 0.848. The van der Waals surface area contributed by atoms with Crippen molar-refractivity contribution in [2.45, 2.75) is 51.0 Å². The Morgan fingerprint density at radius 3 is 2.69 bits per heavy atom. The second-order valence-electron chi connectivity index (χ2n) is 5.05. The normalized spacial score (nSPS) is 30.6. The van der Waals surface area contributed by atoms with Crippen LogP contribution in [0.15, 0.2) is 6.33 Å². The molecule has 0 unspecified atom stereocenters. The van der Waals surface area contributed by atoms with Crippen molar-refractivity contribution in [3.05, 3.63) is 12.2 Å². The third-order valence-corrected chi connectivity index (χ3v) is 3.91. The highest BCUT2D eigenvalue weighted by atomic mass is 16.3. The van der Waals surface area contributed by atoms with E-state index >= 15 is 0 Å². The zero-order chi connectivity index (χ0) is 11.6. The lowest BCUT2D eigenvalue weighted by molar-refractivity contribution is -0.0114. The van der Waals surface area contributed by atoms with Gasteiger partial charge in [0.25, 0.3) is 0 Å². The predicted octanol–water partition coefficient (Wildman–Crippen LogP) is 1.69. The lowest BCUT2D eigenvalue weighted by atomic mass is 9.76. The molecule has 0 aliphatic heterocycles. The lowest BCUT2D eigenvalue weighted by Gasteiger charge is -2.35. The van der Waals surface area contributed by atoms with Gasteiger partial charge in [0.05, 0.1) is 5.60 Å². The molecule has 0 spiro atoms. The average molecular weight is 223 g/mol. The maximum atomic E-state index is 10.5. The van der Waals surface area contributed by atoms with Gasteiger partial charge in [-0.15, -0.1) is 0 Å². The number of rotatable bonds is 3. The second kappa shape index (κ2) is 4.53. The van der Waals surface area contributed by atoms with Crippen LogP contribution in [-0.2, 0) is 13.5 Å². The molecule has 16 heavy (non-hydrogen) atoms. The number of aromatic nitrogens is 3. The first kappa shape index (κ1) is 11.6. The fourth-order valence-corrected chi connectivity index (χ4v) is 2.57. The van der Waals surface area contributed by atoms with Gasteiger partial charge in [0.15, 0.2) is 0 Å². The first-order valence-corrected chi connectivity index (χ1v) is 6.18. The van der Waals surface area contributed by atoms with Crippen LogP contribution in [0.3, 0.4) is 0 Å². The van der Waals surface area contributed by atoms with Crippen molar-refractivity contribution in [1.82, 2.24) is 14.8 Å². The Hall–Kier alpha value is -0.900. The van der Waals surface area contributed by atoms with Crippen molar-refractivity contribution in [3.8, 4) is 0 Å². The van der Waals surface area contributed by atoms with Crippen molar-refractivity contribution >= 4 is 0 Å². The molecule has 4 heteroatoms. The number of nitrogens with zero attached hydrogens (tertiary/aromatic N) is 3. The molecule has 1 heterocycles. The third-order valence-electron chi connectivity index (χ3n) is 3.91. The molecule has 1 aliphatic rings. The summed E-state index contributed by atoms with van der Waals surface area (Å²) in [5, 5.41) is 14.5. The minimum Gasteiger partial charge on any atom is -0.389 e. The number of aryl methyl sites for hydroxylation is 1. The SMILES string of the molecule is CCC1CCC(O)(Cc2ncnn2C)CC1. The maximum absolute atomic E-state index is 10.5. The van der Waals surface area contributed by atoms with Gasteiger partial charge in [-0.2, -0.15) is 5.10 Å². The lowest BCUT2D eigenvalue weighted by Crippen LogP contribution is -2.37. The summed E-state index contributed by atoms with van der Waals surface area (Å²) < 4.78 is 1.75. The van der Waals surface area contributed by atoms with Gasteiger partial charge >= 0.3 is 0 Å². The summed E-state index contributed by atoms with van der Waals surface area (Å²) in [6.07, 6.45) is 7.52. The minimum absolute atomic E-state index is 0.549. The average Bonchev–Trinajstić information content (AvgIpc) is 2.65. The first-order valence-electron chi connectivity index (χ1n) is 6.18. The largest absolute Gasteiger partial charge is 0.389 e. The van der Waals surface area contributed by atoms with Crippen LogP contribution in [0, 0.1) is 5.92 Å². The van der Waals surface area contributed by atoms with Gasteiger partial charge in [-0.05, 0) is 31.6 Å². The van der Waals surface area contributed by atoms with Gasteiger partial charge < -0.3 is 5.11 Å². The third kappa shape index (κ3) is 2.43. The molecule has 0 bridgehead atoms. The monoisotopic (exact) mass is 223 g/mol. The molecular formula is C12H21N3O. The van der Waals surface area contributed by atoms with Gasteiger partial charge in [0.2, 0.25) is 0 Å². The first-order chi connectivity index (χ1) is 7.63. The second-order valence-corrected chi connectivity index (χ2v) is 5.05. The molecule has 0 saturated heterocycles. The van der Waals surface area contributed by atoms with E-state index in [2.05, 4.69) is 17.0 Å². The van der Waals surface area contributed by atoms with Crippen LogP contribution in [0.25, 0.3) is 0 Å². The number of hydrogen-bond donors (Lipinski definition) is 1. The van der Waals surface area contributed by atoms with E-state index in [-0.39, 0.29) is 0 Å². The van der Waals surface area contributed by atoms with E-state index in [0.29, 0.717) is 6.42 Å². The number of aliphatic hydroxyl groups is 1. The van der Waals surface area contributed by atoms with Gasteiger partial charge in [-0.3, -0.25) is 4.68 Å². The predicted molar refractivity (Wildman–Crippen MR) is 61.9 cm³/mol. The molecule has 1 aliphatic carbocycles. The maximum Gasteiger partial charge on any atom is 0.138 e. The molecule has 0 amide bonds. The van der Waals surface area contributed by atoms with Gasteiger partial charge in [0, 0.05) is 13.5 Å². The Labute approximate surface area is 96.7 Å². The van der Waals surface area contributed by atoms with Crippen LogP contribution in [0.5, 0.6) is 0 Å². The molecule has 1 fully saturated rings. The van der Waals surface area contributed by atoms with Gasteiger partial charge in [0.1, 0.15) is 12.2 Å². The summed E-state index contributed by atoms with van der Waals surface area (Å²) in [7, 11) is 1.88. The highest BCUT2D eigenvalue weighted by molar-refractivity contribution is 4.96. The molecule has 90 valence electrons. The molecule has 1 aromatic rings. The Morgan fingerprint density at radius 1 is 1.50 bits per heavy atom. The van der Waals surface area contributed by atoms with E-state index in [4.69, 9.17) is 0 Å². The number of hydrogen-bond acceptors (Lipinski definition) is 3. The van der Waals surface area contributed by atoms with Crippen LogP contribution in [0.2, 0.25) is 0 Å². The fraction of sp³-hybridized carbons (Fsp3) is 0.833. The summed E-state index contributed by atoms with van der Waals surface area (Å²) in [6.45, 7) is 2.23. The van der Waals surface area contributed by atoms with Crippen LogP contribution >= 0.6 is 0 Å². The molecule has 1 N–H and O–H groups in total. The van der Waals surface area contributed by atoms with E-state index in [1.54, 1.807) is 11.0 Å². The highest BCUT2D eigenvalue weighted by Crippen LogP contribution is 2.35. The Morgan fingerprint density at radius 2 is 2.19 bits per heavy atom. The topological polar surface area (TPSA) is 50.9 Å². The zero-order valence-corrected chi connectivity index (χ0v) is 10.2. The van der Waals surface area contributed by atoms with E-state index < -0.39 is 5.60 Å². The molecule has 2 rings (SSSR count). The van der Waals surface area contributed by atoms with E-state index in [0.717, 1.165) is 37.4 Å². The van der Waals surface area contributed by atoms with Crippen molar-refractivity contribution in [3.63, 3.8) is 0 Å². The summed E-state index contributed by atoms with van der Waals surface area (Å²) in [6, 6.07) is 0. The zero-order valence-electron chi connectivity index (χ0n) is 10.2. The van der Waals surface area contributed by atoms with Crippen molar-refractivity contribution in [1.29, 1.82) is 0 Å². The molecule has 0 atom stereocenters. The summed E-state index contributed by atoms with van der Waals surface area (Å²) >= 11 is 0. The summed E-state index contributed by atoms with van der Waals surface area (Å²) in [5.74, 6) is 1.69. The Balaban J connectivity index is 1.97. The van der Waals surface area contributed by atoms with Crippen molar-refractivity contribution < 1.29 is 5.11 Å². The van der Waals surface area contributed by atoms with Gasteiger partial charge in [-0.1, -0.05) is 13.3 Å². The smallest absolute Gasteiger partial charge is 0.138 e. The standard InChI is InChI=1S/C12H21N3O/c1-3-10-4-6-12(16,7-5-10)8-11-13-9-14-15(11)2/h9-10,16H,3-8H2,1-2H3. The van der Waals surface area contributed by atoms with Crippen molar-refractivity contribution in [2.24, 2.45) is 13.0 Å². The highest BCUT2D eigenvalue weighted by Gasteiger charge is 2.33. The molecular weight excluding hydrogens is 202 g/mol. The van der Waals surface area contributed by atoms with Crippen LogP contribution in [0.4, 0.5) is 0 Å². The molecule has 4 nitrogen and oxygen atoms in total. The van der Waals surface area contributed by atoms with Gasteiger partial charge in [-0.25, -0.2) is 4.98 Å². The minimum atomic E-state index is -0.549.